The number of carbonyl (C=O) groups is 2. The van der Waals surface area contributed by atoms with Gasteiger partial charge in [-0.15, -0.1) is 5.10 Å². The predicted octanol–water partition coefficient (Wildman–Crippen LogP) is 2.72. The summed E-state index contributed by atoms with van der Waals surface area (Å²) in [5.74, 6) is 2.28. The van der Waals surface area contributed by atoms with Crippen molar-refractivity contribution in [2.24, 2.45) is 5.92 Å². The van der Waals surface area contributed by atoms with Gasteiger partial charge < -0.3 is 25.2 Å². The molecule has 3 saturated heterocycles. The van der Waals surface area contributed by atoms with Crippen LogP contribution in [0.3, 0.4) is 0 Å². The first kappa shape index (κ1) is 28.3. The minimum Gasteiger partial charge on any atom is -0.494 e. The van der Waals surface area contributed by atoms with Crippen LogP contribution >= 0.6 is 0 Å². The molecule has 2 N–H and O–H groups in total. The van der Waals surface area contributed by atoms with Gasteiger partial charge >= 0.3 is 0 Å². The standard InChI is InChI=1S/C29H44N8O3/c1-20(2)37-33-29(32-34-37)36-14-10-22(11-15-36)7-6-16-40-24-8-9-25(21(3)17-24)27(38)31-23-18-26(30-19-23)28(39)35-12-4-5-13-35/h8-9,17,20,22-23,26,30H,4-7,10-16,18-19H2,1-3H3,(H,31,38)/t23-,26-/m0/s1. The fraction of sp³-hybridized carbons (Fsp3) is 0.690. The Kier molecular flexibility index (Phi) is 9.18. The van der Waals surface area contributed by atoms with E-state index in [1.165, 1.54) is 0 Å². The summed E-state index contributed by atoms with van der Waals surface area (Å²) in [5, 5.41) is 19.3. The van der Waals surface area contributed by atoms with E-state index in [1.54, 1.807) is 4.80 Å². The Bertz CT molecular complexity index is 1150. The van der Waals surface area contributed by atoms with Gasteiger partial charge in [0.15, 0.2) is 0 Å². The molecule has 3 aliphatic heterocycles. The molecule has 0 saturated carbocycles. The first-order valence-electron chi connectivity index (χ1n) is 15.0. The summed E-state index contributed by atoms with van der Waals surface area (Å²) < 4.78 is 6.03. The molecule has 11 heteroatoms. The summed E-state index contributed by atoms with van der Waals surface area (Å²) >= 11 is 0. The van der Waals surface area contributed by atoms with E-state index in [4.69, 9.17) is 4.74 Å². The Morgan fingerprint density at radius 3 is 2.62 bits per heavy atom. The highest BCUT2D eigenvalue weighted by Gasteiger charge is 2.34. The maximum Gasteiger partial charge on any atom is 0.266 e. The number of aromatic nitrogens is 4. The molecule has 2 amide bonds. The number of rotatable bonds is 10. The van der Waals surface area contributed by atoms with Crippen LogP contribution in [0.25, 0.3) is 0 Å². The number of carbonyl (C=O) groups excluding carboxylic acids is 2. The lowest BCUT2D eigenvalue weighted by molar-refractivity contribution is -0.132. The molecule has 11 nitrogen and oxygen atoms in total. The average Bonchev–Trinajstić information content (AvgIpc) is 3.73. The topological polar surface area (TPSA) is 118 Å². The molecule has 1 aromatic carbocycles. The molecule has 0 bridgehead atoms. The van der Waals surface area contributed by atoms with Crippen molar-refractivity contribution in [2.45, 2.75) is 83.8 Å². The number of ether oxygens (including phenoxy) is 1. The van der Waals surface area contributed by atoms with Crippen molar-refractivity contribution in [2.75, 3.05) is 44.2 Å². The molecule has 2 aromatic rings. The Hall–Kier alpha value is -3.21. The van der Waals surface area contributed by atoms with E-state index in [1.807, 2.05) is 30.0 Å². The van der Waals surface area contributed by atoms with Gasteiger partial charge in [0.05, 0.1) is 18.7 Å². The first-order chi connectivity index (χ1) is 19.4. The number of likely N-dealkylation sites (tertiary alicyclic amines) is 1. The molecule has 1 aromatic heterocycles. The maximum atomic E-state index is 13.0. The number of benzene rings is 1. The van der Waals surface area contributed by atoms with Crippen LogP contribution in [0.1, 0.15) is 80.8 Å². The Labute approximate surface area is 237 Å². The van der Waals surface area contributed by atoms with Crippen molar-refractivity contribution in [3.05, 3.63) is 29.3 Å². The van der Waals surface area contributed by atoms with E-state index in [0.29, 0.717) is 31.1 Å². The monoisotopic (exact) mass is 552 g/mol. The summed E-state index contributed by atoms with van der Waals surface area (Å²) in [5.41, 5.74) is 1.54. The zero-order chi connectivity index (χ0) is 28.1. The smallest absolute Gasteiger partial charge is 0.266 e. The zero-order valence-electron chi connectivity index (χ0n) is 24.1. The van der Waals surface area contributed by atoms with Gasteiger partial charge in [-0.3, -0.25) is 9.59 Å². The molecule has 0 aliphatic carbocycles. The fourth-order valence-corrected chi connectivity index (χ4v) is 5.98. The lowest BCUT2D eigenvalue weighted by Gasteiger charge is -2.30. The Morgan fingerprint density at radius 1 is 1.15 bits per heavy atom. The highest BCUT2D eigenvalue weighted by molar-refractivity contribution is 5.96. The van der Waals surface area contributed by atoms with Crippen LogP contribution in [0.15, 0.2) is 18.2 Å². The Balaban J connectivity index is 1.00. The third-order valence-electron chi connectivity index (χ3n) is 8.43. The van der Waals surface area contributed by atoms with Crippen LogP contribution in [-0.4, -0.2) is 88.3 Å². The van der Waals surface area contributed by atoms with E-state index >= 15 is 0 Å². The highest BCUT2D eigenvalue weighted by atomic mass is 16.5. The number of amides is 2. The van der Waals surface area contributed by atoms with Gasteiger partial charge in [0.2, 0.25) is 5.91 Å². The van der Waals surface area contributed by atoms with Crippen LogP contribution in [0.4, 0.5) is 5.95 Å². The summed E-state index contributed by atoms with van der Waals surface area (Å²) in [7, 11) is 0. The van der Waals surface area contributed by atoms with Crippen molar-refractivity contribution in [1.82, 2.24) is 35.7 Å². The second kappa shape index (κ2) is 13.0. The van der Waals surface area contributed by atoms with Crippen LogP contribution in [0.2, 0.25) is 0 Å². The first-order valence-corrected chi connectivity index (χ1v) is 15.0. The normalized spacial score (nSPS) is 21.8. The van der Waals surface area contributed by atoms with Crippen molar-refractivity contribution in [3.8, 4) is 5.75 Å². The minimum atomic E-state index is -0.198. The largest absolute Gasteiger partial charge is 0.494 e. The molecule has 40 heavy (non-hydrogen) atoms. The van der Waals surface area contributed by atoms with E-state index < -0.39 is 0 Å². The number of aryl methyl sites for hydroxylation is 1. The average molecular weight is 553 g/mol. The lowest BCUT2D eigenvalue weighted by atomic mass is 9.92. The SMILES string of the molecule is Cc1cc(OCCCC2CCN(c3nnn(C(C)C)n3)CC2)ccc1C(=O)N[C@@H]1CN[C@H](C(=O)N2CCCC2)C1. The lowest BCUT2D eigenvalue weighted by Crippen LogP contribution is -2.42. The Morgan fingerprint density at radius 2 is 1.93 bits per heavy atom. The minimum absolute atomic E-state index is 0.0449. The molecule has 4 heterocycles. The van der Waals surface area contributed by atoms with Crippen LogP contribution in [-0.2, 0) is 4.79 Å². The van der Waals surface area contributed by atoms with Crippen molar-refractivity contribution >= 4 is 17.8 Å². The summed E-state index contributed by atoms with van der Waals surface area (Å²) in [4.78, 5) is 31.4. The molecule has 3 aliphatic rings. The summed E-state index contributed by atoms with van der Waals surface area (Å²) in [6.07, 6.45) is 7.19. The third-order valence-corrected chi connectivity index (χ3v) is 8.43. The van der Waals surface area contributed by atoms with Crippen LogP contribution in [0.5, 0.6) is 5.75 Å². The van der Waals surface area contributed by atoms with E-state index in [9.17, 15) is 9.59 Å². The van der Waals surface area contributed by atoms with Gasteiger partial charge in [-0.25, -0.2) is 0 Å². The fourth-order valence-electron chi connectivity index (χ4n) is 5.98. The van der Waals surface area contributed by atoms with Crippen molar-refractivity contribution < 1.29 is 14.3 Å². The van der Waals surface area contributed by atoms with Gasteiger partial charge in [-0.1, -0.05) is 5.10 Å². The van der Waals surface area contributed by atoms with E-state index in [2.05, 4.69) is 44.8 Å². The number of anilines is 1. The number of tetrazole rings is 1. The molecule has 5 rings (SSSR count). The molecule has 2 atom stereocenters. The van der Waals surface area contributed by atoms with Crippen LogP contribution < -0.4 is 20.3 Å². The summed E-state index contributed by atoms with van der Waals surface area (Å²) in [6.45, 7) is 11.0. The van der Waals surface area contributed by atoms with Crippen molar-refractivity contribution in [3.63, 3.8) is 0 Å². The van der Waals surface area contributed by atoms with E-state index in [0.717, 1.165) is 82.0 Å². The van der Waals surface area contributed by atoms with Gasteiger partial charge in [-0.2, -0.15) is 4.80 Å². The molecule has 0 spiro atoms. The summed E-state index contributed by atoms with van der Waals surface area (Å²) in [6, 6.07) is 5.64. The predicted molar refractivity (Wildman–Crippen MR) is 153 cm³/mol. The zero-order valence-corrected chi connectivity index (χ0v) is 24.1. The number of piperidine rings is 1. The molecule has 0 unspecified atom stereocenters. The third kappa shape index (κ3) is 6.92. The van der Waals surface area contributed by atoms with Gasteiger partial charge in [0.1, 0.15) is 5.75 Å². The van der Waals surface area contributed by atoms with Crippen LogP contribution in [0, 0.1) is 12.8 Å². The highest BCUT2D eigenvalue weighted by Crippen LogP contribution is 2.25. The second-order valence-electron chi connectivity index (χ2n) is 11.8. The molecule has 0 radical (unpaired) electrons. The quantitative estimate of drug-likeness (QED) is 0.432. The number of hydrogen-bond donors (Lipinski definition) is 2. The van der Waals surface area contributed by atoms with E-state index in [-0.39, 0.29) is 29.9 Å². The van der Waals surface area contributed by atoms with Gasteiger partial charge in [0.25, 0.3) is 11.9 Å². The number of nitrogens with zero attached hydrogens (tertiary/aromatic N) is 6. The maximum absolute atomic E-state index is 13.0. The van der Waals surface area contributed by atoms with Gasteiger partial charge in [-0.05, 0) is 101 Å². The molecule has 218 valence electrons. The van der Waals surface area contributed by atoms with Crippen molar-refractivity contribution in [1.29, 1.82) is 0 Å². The van der Waals surface area contributed by atoms with Gasteiger partial charge in [0, 0.05) is 44.3 Å². The molecular weight excluding hydrogens is 508 g/mol. The molecule has 3 fully saturated rings. The second-order valence-corrected chi connectivity index (χ2v) is 11.8. The molecular formula is C29H44N8O3. The number of hydrogen-bond acceptors (Lipinski definition) is 8. The number of nitrogens with one attached hydrogen (secondary N) is 2.